The van der Waals surface area contributed by atoms with E-state index in [9.17, 15) is 14.4 Å². The van der Waals surface area contributed by atoms with Crippen LogP contribution in [0.2, 0.25) is 0 Å². The van der Waals surface area contributed by atoms with E-state index in [0.717, 1.165) is 42.4 Å². The fourth-order valence-corrected chi connectivity index (χ4v) is 8.04. The summed E-state index contributed by atoms with van der Waals surface area (Å²) in [6.07, 6.45) is 16.2. The second kappa shape index (κ2) is 15.3. The van der Waals surface area contributed by atoms with Gasteiger partial charge in [-0.05, 0) is 49.1 Å². The van der Waals surface area contributed by atoms with Crippen LogP contribution in [0.3, 0.4) is 0 Å². The Balaban J connectivity index is 1.20. The van der Waals surface area contributed by atoms with Gasteiger partial charge in [0.05, 0.1) is 12.6 Å². The van der Waals surface area contributed by atoms with Gasteiger partial charge in [0.2, 0.25) is 5.91 Å². The first-order valence-corrected chi connectivity index (χ1v) is 17.7. The lowest BCUT2D eigenvalue weighted by molar-refractivity contribution is -0.145. The van der Waals surface area contributed by atoms with E-state index < -0.39 is 12.1 Å². The average molecular weight is 632 g/mol. The summed E-state index contributed by atoms with van der Waals surface area (Å²) in [4.78, 5) is 54.7. The molecule has 240 valence electrons. The van der Waals surface area contributed by atoms with E-state index in [1.807, 2.05) is 23.6 Å². The van der Waals surface area contributed by atoms with Crippen molar-refractivity contribution in [2.24, 2.45) is 5.92 Å². The molecule has 6 rings (SSSR count). The molecule has 9 nitrogen and oxygen atoms in total. The lowest BCUT2D eigenvalue weighted by Gasteiger charge is -2.42. The van der Waals surface area contributed by atoms with E-state index >= 15 is 0 Å². The smallest absolute Gasteiger partial charge is 0.408 e. The third kappa shape index (κ3) is 8.08. The van der Waals surface area contributed by atoms with Crippen LogP contribution in [-0.2, 0) is 16.0 Å². The Labute approximate surface area is 269 Å². The summed E-state index contributed by atoms with van der Waals surface area (Å²) in [7, 11) is 0. The van der Waals surface area contributed by atoms with Gasteiger partial charge in [-0.2, -0.15) is 0 Å². The van der Waals surface area contributed by atoms with E-state index in [4.69, 9.17) is 4.74 Å². The molecular weight excluding hydrogens is 586 g/mol. The number of para-hydroxylation sites is 1. The fraction of sp³-hybridized carbons (Fsp3) is 0.571. The molecule has 0 unspecified atom stereocenters. The van der Waals surface area contributed by atoms with Crippen molar-refractivity contribution in [1.29, 1.82) is 0 Å². The van der Waals surface area contributed by atoms with Gasteiger partial charge in [-0.1, -0.05) is 69.6 Å². The molecule has 2 atom stereocenters. The number of thiophene rings is 1. The van der Waals surface area contributed by atoms with Crippen molar-refractivity contribution in [3.8, 4) is 5.75 Å². The highest BCUT2D eigenvalue weighted by atomic mass is 32.1. The van der Waals surface area contributed by atoms with Gasteiger partial charge >= 0.3 is 6.09 Å². The number of fused-ring (bicyclic) bond motifs is 1. The van der Waals surface area contributed by atoms with Crippen molar-refractivity contribution < 1.29 is 19.1 Å². The van der Waals surface area contributed by atoms with Crippen molar-refractivity contribution in [3.05, 3.63) is 53.1 Å². The molecule has 3 heterocycles. The number of piperazine rings is 1. The molecule has 2 aromatic heterocycles. The number of rotatable bonds is 10. The zero-order valence-electron chi connectivity index (χ0n) is 26.1. The van der Waals surface area contributed by atoms with E-state index in [1.54, 1.807) is 39.5 Å². The SMILES string of the molecule is O=C(CCc1cccs1)[C@@H]1CN(C(=O)Oc2cccc3cncnc23)CCN1C(=O)[C@@H](CC1CCCCC1)NC1CCCCC1. The Hall–Kier alpha value is -3.37. The Bertz CT molecular complexity index is 1410. The minimum Gasteiger partial charge on any atom is -0.408 e. The van der Waals surface area contributed by atoms with Crippen LogP contribution < -0.4 is 10.1 Å². The van der Waals surface area contributed by atoms with Gasteiger partial charge in [0, 0.05) is 42.0 Å². The molecule has 3 fully saturated rings. The standard InChI is InChI=1S/C35H45N5O4S/c41-31(17-16-28-14-8-20-45-28)30-23-39(35(43)44-32-15-7-11-26-22-36-24-37-33(26)32)18-19-40(30)34(42)29(21-25-9-3-1-4-10-25)38-27-12-5-2-6-13-27/h7-8,11,14-15,20,22,24-25,27,29-30,38H,1-6,9-10,12-13,16-19,21,23H2/t29-,30+/m1/s1. The number of ketones is 1. The van der Waals surface area contributed by atoms with E-state index in [1.165, 1.54) is 44.9 Å². The Morgan fingerprint density at radius 1 is 0.978 bits per heavy atom. The number of nitrogens with zero attached hydrogens (tertiary/aromatic N) is 4. The number of benzene rings is 1. The molecular formula is C35H45N5O4S. The third-order valence-corrected chi connectivity index (χ3v) is 10.8. The predicted octanol–water partition coefficient (Wildman–Crippen LogP) is 6.17. The topological polar surface area (TPSA) is 105 Å². The van der Waals surface area contributed by atoms with Crippen LogP contribution in [0.4, 0.5) is 4.79 Å². The van der Waals surface area contributed by atoms with E-state index in [2.05, 4.69) is 15.3 Å². The predicted molar refractivity (Wildman–Crippen MR) is 175 cm³/mol. The number of aromatic nitrogens is 2. The normalized spacial score (nSPS) is 20.7. The zero-order chi connectivity index (χ0) is 31.0. The van der Waals surface area contributed by atoms with Gasteiger partial charge in [-0.3, -0.25) is 9.59 Å². The molecule has 0 spiro atoms. The van der Waals surface area contributed by atoms with Crippen LogP contribution in [-0.4, -0.2) is 75.3 Å². The van der Waals surface area contributed by atoms with Crippen molar-refractivity contribution >= 4 is 40.0 Å². The van der Waals surface area contributed by atoms with Crippen LogP contribution in [0, 0.1) is 5.92 Å². The van der Waals surface area contributed by atoms with Crippen LogP contribution in [0.1, 0.15) is 81.9 Å². The van der Waals surface area contributed by atoms with Gasteiger partial charge in [0.1, 0.15) is 17.9 Å². The van der Waals surface area contributed by atoms with Gasteiger partial charge in [-0.25, -0.2) is 14.8 Å². The monoisotopic (exact) mass is 631 g/mol. The minimum atomic E-state index is -0.712. The number of amides is 2. The molecule has 3 aliphatic rings. The van der Waals surface area contributed by atoms with Crippen LogP contribution >= 0.6 is 11.3 Å². The second-order valence-corrected chi connectivity index (χ2v) is 13.9. The summed E-state index contributed by atoms with van der Waals surface area (Å²) in [6.45, 7) is 0.723. The van der Waals surface area contributed by atoms with Gasteiger partial charge in [0.25, 0.3) is 0 Å². The molecule has 45 heavy (non-hydrogen) atoms. The molecule has 0 radical (unpaired) electrons. The molecule has 10 heteroatoms. The summed E-state index contributed by atoms with van der Waals surface area (Å²) >= 11 is 1.63. The van der Waals surface area contributed by atoms with E-state index in [0.29, 0.717) is 49.2 Å². The van der Waals surface area contributed by atoms with E-state index in [-0.39, 0.29) is 24.3 Å². The molecule has 1 N–H and O–H groups in total. The van der Waals surface area contributed by atoms with Crippen molar-refractivity contribution in [1.82, 2.24) is 25.1 Å². The van der Waals surface area contributed by atoms with Crippen molar-refractivity contribution in [2.45, 2.75) is 102 Å². The second-order valence-electron chi connectivity index (χ2n) is 12.9. The maximum absolute atomic E-state index is 14.5. The number of aryl methyl sites for hydroxylation is 1. The summed E-state index contributed by atoms with van der Waals surface area (Å²) in [6, 6.07) is 8.72. The number of Topliss-reactive ketones (excluding diaryl/α,β-unsaturated/α-hetero) is 1. The Morgan fingerprint density at radius 3 is 2.56 bits per heavy atom. The number of hydrogen-bond donors (Lipinski definition) is 1. The maximum atomic E-state index is 14.5. The summed E-state index contributed by atoms with van der Waals surface area (Å²) in [5.74, 6) is 0.876. The molecule has 0 bridgehead atoms. The molecule has 1 aliphatic heterocycles. The average Bonchev–Trinajstić information content (AvgIpc) is 3.61. The van der Waals surface area contributed by atoms with Crippen LogP contribution in [0.5, 0.6) is 5.75 Å². The Morgan fingerprint density at radius 2 is 1.78 bits per heavy atom. The minimum absolute atomic E-state index is 0.0127. The molecule has 1 saturated heterocycles. The van der Waals surface area contributed by atoms with Gasteiger partial charge < -0.3 is 19.9 Å². The molecule has 3 aromatic rings. The fourth-order valence-electron chi connectivity index (χ4n) is 7.33. The zero-order valence-corrected chi connectivity index (χ0v) is 26.9. The third-order valence-electron chi connectivity index (χ3n) is 9.82. The lowest BCUT2D eigenvalue weighted by atomic mass is 9.83. The molecule has 2 amide bonds. The number of ether oxygens (including phenoxy) is 1. The Kier molecular flexibility index (Phi) is 10.7. The molecule has 1 aromatic carbocycles. The quantitative estimate of drug-likeness (QED) is 0.286. The largest absolute Gasteiger partial charge is 0.415 e. The number of carbonyl (C=O) groups excluding carboxylic acids is 3. The first kappa shape index (κ1) is 31.6. The highest BCUT2D eigenvalue weighted by Gasteiger charge is 2.40. The number of nitrogens with one attached hydrogen (secondary N) is 1. The van der Waals surface area contributed by atoms with Crippen molar-refractivity contribution in [2.75, 3.05) is 19.6 Å². The van der Waals surface area contributed by atoms with Gasteiger partial charge in [0.15, 0.2) is 11.5 Å². The van der Waals surface area contributed by atoms with Crippen LogP contribution in [0.15, 0.2) is 48.2 Å². The summed E-state index contributed by atoms with van der Waals surface area (Å²) in [5, 5.41) is 6.57. The first-order chi connectivity index (χ1) is 22.0. The summed E-state index contributed by atoms with van der Waals surface area (Å²) in [5.41, 5.74) is 0.553. The van der Waals surface area contributed by atoms with Crippen LogP contribution in [0.25, 0.3) is 10.9 Å². The molecule has 2 aliphatic carbocycles. The number of carbonyl (C=O) groups is 3. The van der Waals surface area contributed by atoms with Gasteiger partial charge in [-0.15, -0.1) is 11.3 Å². The lowest BCUT2D eigenvalue weighted by Crippen LogP contribution is -2.63. The summed E-state index contributed by atoms with van der Waals surface area (Å²) < 4.78 is 5.83. The molecule has 2 saturated carbocycles. The number of hydrogen-bond acceptors (Lipinski definition) is 8. The maximum Gasteiger partial charge on any atom is 0.415 e. The van der Waals surface area contributed by atoms with Crippen molar-refractivity contribution in [3.63, 3.8) is 0 Å². The first-order valence-electron chi connectivity index (χ1n) is 16.8. The highest BCUT2D eigenvalue weighted by Crippen LogP contribution is 2.30. The highest BCUT2D eigenvalue weighted by molar-refractivity contribution is 7.09.